The topological polar surface area (TPSA) is 55.1 Å². The van der Waals surface area contributed by atoms with Crippen molar-refractivity contribution in [2.75, 3.05) is 11.1 Å². The number of nitrogens with two attached hydrogens (primary N) is 1. The van der Waals surface area contributed by atoms with Crippen molar-refractivity contribution in [3.8, 4) is 0 Å². The summed E-state index contributed by atoms with van der Waals surface area (Å²) in [5.74, 6) is -0.0258. The van der Waals surface area contributed by atoms with Crippen molar-refractivity contribution >= 4 is 33.2 Å². The number of halogens is 1. The highest BCUT2D eigenvalue weighted by Gasteiger charge is 2.07. The largest absolute Gasteiger partial charge is 0.397 e. The molecule has 0 aromatic heterocycles. The lowest BCUT2D eigenvalue weighted by Crippen LogP contribution is -2.12. The molecule has 76 valence electrons. The molecular weight excluding hydrogens is 244 g/mol. The second kappa shape index (κ2) is 4.46. The Labute approximate surface area is 91.8 Å². The molecule has 3 nitrogen and oxygen atoms in total. The van der Waals surface area contributed by atoms with Gasteiger partial charge in [0.25, 0.3) is 0 Å². The molecule has 1 aromatic carbocycles. The van der Waals surface area contributed by atoms with Gasteiger partial charge in [-0.1, -0.05) is 22.9 Å². The maximum atomic E-state index is 11.2. The van der Waals surface area contributed by atoms with Crippen molar-refractivity contribution in [1.82, 2.24) is 0 Å². The Morgan fingerprint density at radius 2 is 2.21 bits per heavy atom. The minimum absolute atomic E-state index is 0.0258. The molecule has 0 heterocycles. The Morgan fingerprint density at radius 1 is 1.57 bits per heavy atom. The van der Waals surface area contributed by atoms with E-state index in [0.29, 0.717) is 17.8 Å². The van der Waals surface area contributed by atoms with E-state index in [1.54, 1.807) is 13.0 Å². The molecule has 0 saturated carbocycles. The lowest BCUT2D eigenvalue weighted by molar-refractivity contribution is -0.115. The van der Waals surface area contributed by atoms with Gasteiger partial charge in [0.15, 0.2) is 0 Å². The van der Waals surface area contributed by atoms with Crippen LogP contribution < -0.4 is 11.1 Å². The highest BCUT2D eigenvalue weighted by atomic mass is 79.9. The van der Waals surface area contributed by atoms with Crippen molar-refractivity contribution in [3.63, 3.8) is 0 Å². The molecule has 4 heteroatoms. The van der Waals surface area contributed by atoms with Gasteiger partial charge in [-0.05, 0) is 24.6 Å². The minimum Gasteiger partial charge on any atom is -0.397 e. The first-order valence-corrected chi connectivity index (χ1v) is 5.19. The number of carbonyl (C=O) groups excluding carboxylic acids is 1. The number of amides is 1. The molecule has 1 amide bonds. The molecule has 0 bridgehead atoms. The standard InChI is InChI=1S/C10H13BrN2O/c1-3-9(14)13-10-6(2)4-7(11)5-8(10)12/h4-5H,3,12H2,1-2H3,(H,13,14). The van der Waals surface area contributed by atoms with E-state index >= 15 is 0 Å². The monoisotopic (exact) mass is 256 g/mol. The summed E-state index contributed by atoms with van der Waals surface area (Å²) in [7, 11) is 0. The highest BCUT2D eigenvalue weighted by molar-refractivity contribution is 9.10. The first-order valence-electron chi connectivity index (χ1n) is 4.40. The zero-order valence-electron chi connectivity index (χ0n) is 8.23. The molecule has 3 N–H and O–H groups in total. The summed E-state index contributed by atoms with van der Waals surface area (Å²) in [6.07, 6.45) is 0.453. The number of nitrogens with one attached hydrogen (secondary N) is 1. The summed E-state index contributed by atoms with van der Waals surface area (Å²) in [6.45, 7) is 3.71. The molecule has 0 saturated heterocycles. The van der Waals surface area contributed by atoms with Crippen LogP contribution >= 0.6 is 15.9 Å². The van der Waals surface area contributed by atoms with Crippen molar-refractivity contribution in [1.29, 1.82) is 0 Å². The average Bonchev–Trinajstić information content (AvgIpc) is 2.10. The third-order valence-electron chi connectivity index (χ3n) is 1.92. The Hall–Kier alpha value is -1.03. The number of carbonyl (C=O) groups is 1. The van der Waals surface area contributed by atoms with Crippen molar-refractivity contribution < 1.29 is 4.79 Å². The van der Waals surface area contributed by atoms with E-state index in [4.69, 9.17) is 5.73 Å². The van der Waals surface area contributed by atoms with Crippen molar-refractivity contribution in [3.05, 3.63) is 22.2 Å². The van der Waals surface area contributed by atoms with E-state index in [-0.39, 0.29) is 5.91 Å². The van der Waals surface area contributed by atoms with Gasteiger partial charge >= 0.3 is 0 Å². The Kier molecular flexibility index (Phi) is 3.52. The van der Waals surface area contributed by atoms with Gasteiger partial charge < -0.3 is 11.1 Å². The van der Waals surface area contributed by atoms with Crippen LogP contribution in [0.25, 0.3) is 0 Å². The summed E-state index contributed by atoms with van der Waals surface area (Å²) in [6, 6.07) is 3.69. The second-order valence-corrected chi connectivity index (χ2v) is 4.00. The van der Waals surface area contributed by atoms with Crippen LogP contribution in [0.15, 0.2) is 16.6 Å². The fraction of sp³-hybridized carbons (Fsp3) is 0.300. The molecule has 0 atom stereocenters. The van der Waals surface area contributed by atoms with Gasteiger partial charge in [-0.25, -0.2) is 0 Å². The van der Waals surface area contributed by atoms with E-state index in [1.807, 2.05) is 13.0 Å². The maximum Gasteiger partial charge on any atom is 0.224 e. The number of nitrogen functional groups attached to an aromatic ring is 1. The fourth-order valence-corrected chi connectivity index (χ4v) is 1.76. The van der Waals surface area contributed by atoms with Crippen LogP contribution in [-0.2, 0) is 4.79 Å². The van der Waals surface area contributed by atoms with Crippen LogP contribution in [0.5, 0.6) is 0 Å². The lowest BCUT2D eigenvalue weighted by atomic mass is 10.1. The number of benzene rings is 1. The minimum atomic E-state index is -0.0258. The molecule has 0 spiro atoms. The smallest absolute Gasteiger partial charge is 0.224 e. The maximum absolute atomic E-state index is 11.2. The van der Waals surface area contributed by atoms with E-state index in [1.165, 1.54) is 0 Å². The number of anilines is 2. The predicted molar refractivity (Wildman–Crippen MR) is 62.2 cm³/mol. The summed E-state index contributed by atoms with van der Waals surface area (Å²) >= 11 is 3.34. The molecule has 0 fully saturated rings. The Morgan fingerprint density at radius 3 is 2.71 bits per heavy atom. The average molecular weight is 257 g/mol. The number of hydrogen-bond donors (Lipinski definition) is 2. The molecule has 0 aliphatic heterocycles. The quantitative estimate of drug-likeness (QED) is 0.800. The zero-order valence-corrected chi connectivity index (χ0v) is 9.81. The van der Waals surface area contributed by atoms with Gasteiger partial charge in [-0.2, -0.15) is 0 Å². The first-order chi connectivity index (χ1) is 6.54. The molecule has 1 aromatic rings. The van der Waals surface area contributed by atoms with Crippen LogP contribution in [-0.4, -0.2) is 5.91 Å². The van der Waals surface area contributed by atoms with Crippen LogP contribution in [0.4, 0.5) is 11.4 Å². The summed E-state index contributed by atoms with van der Waals surface area (Å²) < 4.78 is 0.919. The fourth-order valence-electron chi connectivity index (χ4n) is 1.17. The van der Waals surface area contributed by atoms with Gasteiger partial charge in [-0.3, -0.25) is 4.79 Å². The normalized spacial score (nSPS) is 9.93. The van der Waals surface area contributed by atoms with E-state index in [9.17, 15) is 4.79 Å². The molecular formula is C10H13BrN2O. The molecule has 1 rings (SSSR count). The zero-order chi connectivity index (χ0) is 10.7. The molecule has 0 aliphatic carbocycles. The number of hydrogen-bond acceptors (Lipinski definition) is 2. The van der Waals surface area contributed by atoms with Gasteiger partial charge in [0, 0.05) is 10.9 Å². The van der Waals surface area contributed by atoms with Gasteiger partial charge in [0.1, 0.15) is 0 Å². The van der Waals surface area contributed by atoms with Crippen LogP contribution in [0.1, 0.15) is 18.9 Å². The lowest BCUT2D eigenvalue weighted by Gasteiger charge is -2.11. The van der Waals surface area contributed by atoms with Crippen molar-refractivity contribution in [2.24, 2.45) is 0 Å². The van der Waals surface area contributed by atoms with Gasteiger partial charge in [0.2, 0.25) is 5.91 Å². The molecule has 0 radical (unpaired) electrons. The molecule has 0 aliphatic rings. The van der Waals surface area contributed by atoms with E-state index < -0.39 is 0 Å². The number of rotatable bonds is 2. The van der Waals surface area contributed by atoms with Crippen molar-refractivity contribution in [2.45, 2.75) is 20.3 Å². The first kappa shape index (κ1) is 11.0. The highest BCUT2D eigenvalue weighted by Crippen LogP contribution is 2.27. The van der Waals surface area contributed by atoms with Crippen LogP contribution in [0, 0.1) is 6.92 Å². The van der Waals surface area contributed by atoms with Crippen LogP contribution in [0.2, 0.25) is 0 Å². The van der Waals surface area contributed by atoms with Gasteiger partial charge in [-0.15, -0.1) is 0 Å². The SMILES string of the molecule is CCC(=O)Nc1c(C)cc(Br)cc1N. The number of aryl methyl sites for hydroxylation is 1. The summed E-state index contributed by atoms with van der Waals surface area (Å²) in [4.78, 5) is 11.2. The molecule has 14 heavy (non-hydrogen) atoms. The molecule has 0 unspecified atom stereocenters. The second-order valence-electron chi connectivity index (χ2n) is 3.09. The van der Waals surface area contributed by atoms with E-state index in [0.717, 1.165) is 10.0 Å². The summed E-state index contributed by atoms with van der Waals surface area (Å²) in [5, 5.41) is 2.77. The Balaban J connectivity index is 3.02. The third-order valence-corrected chi connectivity index (χ3v) is 2.37. The predicted octanol–water partition coefficient (Wildman–Crippen LogP) is 2.69. The van der Waals surface area contributed by atoms with E-state index in [2.05, 4.69) is 21.2 Å². The third kappa shape index (κ3) is 2.48. The van der Waals surface area contributed by atoms with Gasteiger partial charge in [0.05, 0.1) is 11.4 Å². The Bertz CT molecular complexity index is 340. The summed E-state index contributed by atoms with van der Waals surface area (Å²) in [5.41, 5.74) is 8.03. The van der Waals surface area contributed by atoms with Crippen LogP contribution in [0.3, 0.4) is 0 Å².